The highest BCUT2D eigenvalue weighted by Crippen LogP contribution is 2.27. The molecule has 0 aliphatic rings. The second-order valence-electron chi connectivity index (χ2n) is 4.91. The first-order valence-corrected chi connectivity index (χ1v) is 8.46. The molecule has 0 saturated heterocycles. The van der Waals surface area contributed by atoms with Gasteiger partial charge in [0.15, 0.2) is 0 Å². The molecule has 128 valence electrons. The van der Waals surface area contributed by atoms with Crippen molar-refractivity contribution in [1.82, 2.24) is 0 Å². The van der Waals surface area contributed by atoms with E-state index in [1.165, 1.54) is 26.4 Å². The zero-order valence-electron chi connectivity index (χ0n) is 13.4. The van der Waals surface area contributed by atoms with Gasteiger partial charge in [0.2, 0.25) is 0 Å². The van der Waals surface area contributed by atoms with Crippen LogP contribution in [0.15, 0.2) is 53.4 Å². The van der Waals surface area contributed by atoms with Gasteiger partial charge >= 0.3 is 0 Å². The lowest BCUT2D eigenvalue weighted by atomic mass is 10.3. The Kier molecular flexibility index (Phi) is 5.30. The van der Waals surface area contributed by atoms with Gasteiger partial charge in [-0.2, -0.15) is 0 Å². The van der Waals surface area contributed by atoms with Crippen LogP contribution in [0.3, 0.4) is 0 Å². The Hall–Kier alpha value is -2.74. The number of anilines is 1. The molecule has 2 rings (SSSR count). The van der Waals surface area contributed by atoms with E-state index in [-0.39, 0.29) is 17.3 Å². The highest BCUT2D eigenvalue weighted by molar-refractivity contribution is 7.92. The lowest BCUT2D eigenvalue weighted by Crippen LogP contribution is -2.38. The molecule has 0 fully saturated rings. The molecule has 8 heteroatoms. The maximum absolute atomic E-state index is 13.0. The van der Waals surface area contributed by atoms with Crippen molar-refractivity contribution in [3.8, 4) is 11.5 Å². The summed E-state index contributed by atoms with van der Waals surface area (Å²) in [5.74, 6) is 0.786. The SMILES string of the molecule is COc1ccc(S(=O)(=O)N(CC(=N)N)c2cccc(OC)c2)cc1. The monoisotopic (exact) mass is 349 g/mol. The van der Waals surface area contributed by atoms with Crippen LogP contribution in [0.4, 0.5) is 5.69 Å². The summed E-state index contributed by atoms with van der Waals surface area (Å²) in [7, 11) is -0.904. The van der Waals surface area contributed by atoms with Crippen molar-refractivity contribution < 1.29 is 17.9 Å². The van der Waals surface area contributed by atoms with Crippen LogP contribution >= 0.6 is 0 Å². The molecule has 0 amide bonds. The fraction of sp³-hybridized carbons (Fsp3) is 0.188. The third kappa shape index (κ3) is 3.77. The zero-order chi connectivity index (χ0) is 17.7. The van der Waals surface area contributed by atoms with E-state index in [0.717, 1.165) is 4.31 Å². The minimum atomic E-state index is -3.90. The van der Waals surface area contributed by atoms with Crippen molar-refractivity contribution in [3.63, 3.8) is 0 Å². The number of amidine groups is 1. The Bertz CT molecular complexity index is 819. The summed E-state index contributed by atoms with van der Waals surface area (Å²) in [5.41, 5.74) is 5.81. The number of sulfonamides is 1. The molecule has 0 spiro atoms. The summed E-state index contributed by atoms with van der Waals surface area (Å²) in [6.45, 7) is -0.262. The molecule has 2 aromatic rings. The number of ether oxygens (including phenoxy) is 2. The fourth-order valence-corrected chi connectivity index (χ4v) is 3.54. The Morgan fingerprint density at radius 1 is 1.08 bits per heavy atom. The van der Waals surface area contributed by atoms with Crippen LogP contribution < -0.4 is 19.5 Å². The number of benzene rings is 2. The predicted molar refractivity (Wildman–Crippen MR) is 92.4 cm³/mol. The van der Waals surface area contributed by atoms with Crippen LogP contribution in [0.5, 0.6) is 11.5 Å². The van der Waals surface area contributed by atoms with Crippen molar-refractivity contribution in [3.05, 3.63) is 48.5 Å². The highest BCUT2D eigenvalue weighted by Gasteiger charge is 2.26. The van der Waals surface area contributed by atoms with E-state index in [2.05, 4.69) is 0 Å². The molecular weight excluding hydrogens is 330 g/mol. The summed E-state index contributed by atoms with van der Waals surface area (Å²) in [4.78, 5) is 0.0763. The molecule has 0 bridgehead atoms. The van der Waals surface area contributed by atoms with Crippen LogP contribution in [-0.4, -0.2) is 35.0 Å². The number of nitrogens with zero attached hydrogens (tertiary/aromatic N) is 1. The van der Waals surface area contributed by atoms with Gasteiger partial charge in [-0.05, 0) is 36.4 Å². The topological polar surface area (TPSA) is 106 Å². The van der Waals surface area contributed by atoms with E-state index in [1.54, 1.807) is 36.4 Å². The maximum atomic E-state index is 13.0. The van der Waals surface area contributed by atoms with Gasteiger partial charge in [-0.3, -0.25) is 9.71 Å². The third-order valence-electron chi connectivity index (χ3n) is 3.30. The number of hydrogen-bond acceptors (Lipinski definition) is 5. The molecule has 0 atom stereocenters. The molecule has 3 N–H and O–H groups in total. The first-order valence-electron chi connectivity index (χ1n) is 7.02. The van der Waals surface area contributed by atoms with Gasteiger partial charge in [0.05, 0.1) is 31.3 Å². The largest absolute Gasteiger partial charge is 0.497 e. The van der Waals surface area contributed by atoms with Crippen LogP contribution in [0, 0.1) is 5.41 Å². The summed E-state index contributed by atoms with van der Waals surface area (Å²) in [6.07, 6.45) is 0. The van der Waals surface area contributed by atoms with E-state index < -0.39 is 10.0 Å². The Morgan fingerprint density at radius 3 is 2.25 bits per heavy atom. The third-order valence-corrected chi connectivity index (χ3v) is 5.09. The van der Waals surface area contributed by atoms with E-state index in [1.807, 2.05) is 0 Å². The van der Waals surface area contributed by atoms with Crippen molar-refractivity contribution in [1.29, 1.82) is 5.41 Å². The van der Waals surface area contributed by atoms with Gasteiger partial charge < -0.3 is 15.2 Å². The average molecular weight is 349 g/mol. The van der Waals surface area contributed by atoms with Crippen molar-refractivity contribution in [2.75, 3.05) is 25.1 Å². The lowest BCUT2D eigenvalue weighted by molar-refractivity contribution is 0.414. The maximum Gasteiger partial charge on any atom is 0.264 e. The summed E-state index contributed by atoms with van der Waals surface area (Å²) >= 11 is 0. The van der Waals surface area contributed by atoms with Crippen LogP contribution in [0.2, 0.25) is 0 Å². The van der Waals surface area contributed by atoms with E-state index in [9.17, 15) is 8.42 Å². The van der Waals surface area contributed by atoms with Gasteiger partial charge in [0.25, 0.3) is 10.0 Å². The lowest BCUT2D eigenvalue weighted by Gasteiger charge is -2.24. The quantitative estimate of drug-likeness (QED) is 0.586. The Balaban J connectivity index is 2.50. The van der Waals surface area contributed by atoms with Gasteiger partial charge in [-0.15, -0.1) is 0 Å². The van der Waals surface area contributed by atoms with Gasteiger partial charge in [0, 0.05) is 6.07 Å². The second kappa shape index (κ2) is 7.22. The smallest absolute Gasteiger partial charge is 0.264 e. The molecule has 0 radical (unpaired) electrons. The van der Waals surface area contributed by atoms with Crippen molar-refractivity contribution in [2.24, 2.45) is 5.73 Å². The number of nitrogens with one attached hydrogen (secondary N) is 1. The summed E-state index contributed by atoms with van der Waals surface area (Å²) in [6, 6.07) is 12.6. The standard InChI is InChI=1S/C16H19N3O4S/c1-22-13-6-8-15(9-7-13)24(20,21)19(11-16(17)18)12-4-3-5-14(10-12)23-2/h3-10H,11H2,1-2H3,(H3,17,18). The summed E-state index contributed by atoms with van der Waals surface area (Å²) in [5, 5.41) is 7.50. The minimum absolute atomic E-state index is 0.0763. The number of nitrogens with two attached hydrogens (primary N) is 1. The average Bonchev–Trinajstić information content (AvgIpc) is 2.59. The molecule has 0 aliphatic carbocycles. The van der Waals surface area contributed by atoms with E-state index >= 15 is 0 Å². The highest BCUT2D eigenvalue weighted by atomic mass is 32.2. The molecule has 24 heavy (non-hydrogen) atoms. The first-order chi connectivity index (χ1) is 11.4. The zero-order valence-corrected chi connectivity index (χ0v) is 14.2. The normalized spacial score (nSPS) is 10.9. The van der Waals surface area contributed by atoms with Gasteiger partial charge in [0.1, 0.15) is 17.3 Å². The predicted octanol–water partition coefficient (Wildman–Crippen LogP) is 1.84. The number of methoxy groups -OCH3 is 2. The van der Waals surface area contributed by atoms with Crippen molar-refractivity contribution >= 4 is 21.5 Å². The molecule has 0 unspecified atom stereocenters. The van der Waals surface area contributed by atoms with Gasteiger partial charge in [-0.25, -0.2) is 8.42 Å². The second-order valence-corrected chi connectivity index (χ2v) is 6.78. The minimum Gasteiger partial charge on any atom is -0.497 e. The Labute approximate surface area is 141 Å². The molecule has 2 aromatic carbocycles. The molecule has 7 nitrogen and oxygen atoms in total. The fourth-order valence-electron chi connectivity index (χ4n) is 2.11. The van der Waals surface area contributed by atoms with Crippen LogP contribution in [0.25, 0.3) is 0 Å². The van der Waals surface area contributed by atoms with E-state index in [0.29, 0.717) is 17.2 Å². The molecule has 0 aromatic heterocycles. The summed E-state index contributed by atoms with van der Waals surface area (Å²) < 4.78 is 37.2. The van der Waals surface area contributed by atoms with Crippen molar-refractivity contribution in [2.45, 2.75) is 4.90 Å². The van der Waals surface area contributed by atoms with Crippen LogP contribution in [0.1, 0.15) is 0 Å². The first kappa shape index (κ1) is 17.6. The molecule has 0 saturated carbocycles. The molecule has 0 heterocycles. The molecular formula is C16H19N3O4S. The van der Waals surface area contributed by atoms with Gasteiger partial charge in [-0.1, -0.05) is 6.07 Å². The van der Waals surface area contributed by atoms with Crippen LogP contribution in [-0.2, 0) is 10.0 Å². The van der Waals surface area contributed by atoms with E-state index in [4.69, 9.17) is 20.6 Å². The Morgan fingerprint density at radius 2 is 1.71 bits per heavy atom. The number of hydrogen-bond donors (Lipinski definition) is 2. The number of rotatable bonds is 7. The molecule has 0 aliphatic heterocycles.